The standard InChI is InChI=1S/C21H22N4O2/c1-2-3-9-21(24-25-21)10-12-23-20(26)14-17-6-4-8-19(13-17)27-16-18-7-5-11-22-15-18/h1,4-8,11,13,15H,3,9-10,12,14,16H2,(H,23,26). The Morgan fingerprint density at radius 3 is 2.78 bits per heavy atom. The van der Waals surface area contributed by atoms with Gasteiger partial charge in [0.15, 0.2) is 5.66 Å². The molecule has 1 aromatic carbocycles. The van der Waals surface area contributed by atoms with E-state index >= 15 is 0 Å². The van der Waals surface area contributed by atoms with E-state index < -0.39 is 0 Å². The van der Waals surface area contributed by atoms with Crippen molar-refractivity contribution in [2.24, 2.45) is 10.2 Å². The van der Waals surface area contributed by atoms with Crippen LogP contribution in [0.2, 0.25) is 0 Å². The number of aromatic nitrogens is 1. The highest BCUT2D eigenvalue weighted by Crippen LogP contribution is 2.36. The normalized spacial score (nSPS) is 13.6. The Morgan fingerprint density at radius 1 is 1.19 bits per heavy atom. The van der Waals surface area contributed by atoms with Crippen LogP contribution in [-0.2, 0) is 17.8 Å². The lowest BCUT2D eigenvalue weighted by Gasteiger charge is -2.11. The maximum atomic E-state index is 12.2. The SMILES string of the molecule is C#CCCC1(CCNC(=O)Cc2cccc(OCc3cccnc3)c2)N=N1. The van der Waals surface area contributed by atoms with Crippen molar-refractivity contribution in [2.75, 3.05) is 6.54 Å². The first-order valence-electron chi connectivity index (χ1n) is 8.94. The Morgan fingerprint density at radius 2 is 2.04 bits per heavy atom. The molecule has 0 spiro atoms. The second kappa shape index (κ2) is 8.95. The Bertz CT molecular complexity index is 837. The van der Waals surface area contributed by atoms with E-state index in [2.05, 4.69) is 26.4 Å². The summed E-state index contributed by atoms with van der Waals surface area (Å²) in [6.07, 6.45) is 11.2. The highest BCUT2D eigenvalue weighted by molar-refractivity contribution is 5.78. The fourth-order valence-corrected chi connectivity index (χ4v) is 2.71. The predicted molar refractivity (Wildman–Crippen MR) is 102 cm³/mol. The van der Waals surface area contributed by atoms with Crippen molar-refractivity contribution in [1.29, 1.82) is 0 Å². The summed E-state index contributed by atoms with van der Waals surface area (Å²) in [6, 6.07) is 11.4. The molecule has 1 aromatic heterocycles. The van der Waals surface area contributed by atoms with Crippen LogP contribution < -0.4 is 10.1 Å². The largest absolute Gasteiger partial charge is 0.489 e. The van der Waals surface area contributed by atoms with Crippen molar-refractivity contribution < 1.29 is 9.53 Å². The quantitative estimate of drug-likeness (QED) is 0.659. The van der Waals surface area contributed by atoms with Gasteiger partial charge in [0, 0.05) is 43.8 Å². The summed E-state index contributed by atoms with van der Waals surface area (Å²) < 4.78 is 5.77. The van der Waals surface area contributed by atoms with Gasteiger partial charge in [0.05, 0.1) is 6.42 Å². The van der Waals surface area contributed by atoms with E-state index in [1.807, 2.05) is 36.4 Å². The molecular formula is C21H22N4O2. The van der Waals surface area contributed by atoms with Gasteiger partial charge in [0.2, 0.25) is 5.91 Å². The number of rotatable bonds is 10. The summed E-state index contributed by atoms with van der Waals surface area (Å²) in [5.74, 6) is 3.29. The predicted octanol–water partition coefficient (Wildman–Crippen LogP) is 3.28. The smallest absolute Gasteiger partial charge is 0.224 e. The topological polar surface area (TPSA) is 75.9 Å². The fraction of sp³-hybridized carbons (Fsp3) is 0.333. The molecule has 1 aliphatic heterocycles. The van der Waals surface area contributed by atoms with Crippen molar-refractivity contribution >= 4 is 5.91 Å². The zero-order valence-electron chi connectivity index (χ0n) is 15.1. The van der Waals surface area contributed by atoms with E-state index in [-0.39, 0.29) is 11.6 Å². The maximum absolute atomic E-state index is 12.2. The van der Waals surface area contributed by atoms with Crippen LogP contribution in [0, 0.1) is 12.3 Å². The molecule has 0 saturated carbocycles. The van der Waals surface area contributed by atoms with Gasteiger partial charge in [0.25, 0.3) is 0 Å². The number of nitrogens with one attached hydrogen (secondary N) is 1. The lowest BCUT2D eigenvalue weighted by atomic mass is 10.0. The molecule has 6 heteroatoms. The van der Waals surface area contributed by atoms with Gasteiger partial charge in [0.1, 0.15) is 12.4 Å². The van der Waals surface area contributed by atoms with Crippen LogP contribution in [0.5, 0.6) is 5.75 Å². The number of nitrogens with zero attached hydrogens (tertiary/aromatic N) is 3. The van der Waals surface area contributed by atoms with E-state index in [4.69, 9.17) is 11.2 Å². The maximum Gasteiger partial charge on any atom is 0.224 e. The number of hydrogen-bond donors (Lipinski definition) is 1. The molecule has 1 amide bonds. The van der Waals surface area contributed by atoms with Gasteiger partial charge >= 0.3 is 0 Å². The number of pyridine rings is 1. The molecule has 0 aliphatic carbocycles. The van der Waals surface area contributed by atoms with Gasteiger partial charge in [-0.3, -0.25) is 9.78 Å². The molecule has 2 aromatic rings. The first-order valence-corrected chi connectivity index (χ1v) is 8.94. The molecule has 0 fully saturated rings. The number of ether oxygens (including phenoxy) is 1. The van der Waals surface area contributed by atoms with Crippen LogP contribution in [-0.4, -0.2) is 23.1 Å². The molecule has 27 heavy (non-hydrogen) atoms. The van der Waals surface area contributed by atoms with Crippen molar-refractivity contribution in [1.82, 2.24) is 10.3 Å². The number of hydrogen-bond acceptors (Lipinski definition) is 5. The highest BCUT2D eigenvalue weighted by atomic mass is 16.5. The summed E-state index contributed by atoms with van der Waals surface area (Å²) in [7, 11) is 0. The molecular weight excluding hydrogens is 340 g/mol. The van der Waals surface area contributed by atoms with Crippen molar-refractivity contribution in [3.8, 4) is 18.1 Å². The minimum Gasteiger partial charge on any atom is -0.489 e. The molecule has 0 atom stereocenters. The van der Waals surface area contributed by atoms with Gasteiger partial charge in [-0.15, -0.1) is 12.3 Å². The van der Waals surface area contributed by atoms with E-state index in [1.165, 1.54) is 0 Å². The molecule has 1 N–H and O–H groups in total. The third kappa shape index (κ3) is 5.93. The summed E-state index contributed by atoms with van der Waals surface area (Å²) in [6.45, 7) is 0.976. The van der Waals surface area contributed by atoms with Crippen LogP contribution in [0.3, 0.4) is 0 Å². The lowest BCUT2D eigenvalue weighted by Crippen LogP contribution is -2.29. The average Bonchev–Trinajstić information content (AvgIpc) is 3.46. The Kier molecular flexibility index (Phi) is 6.16. The van der Waals surface area contributed by atoms with E-state index in [0.717, 1.165) is 23.3 Å². The number of terminal acetylenes is 1. The van der Waals surface area contributed by atoms with Crippen LogP contribution >= 0.6 is 0 Å². The number of benzene rings is 1. The molecule has 3 rings (SSSR count). The summed E-state index contributed by atoms with van der Waals surface area (Å²) in [4.78, 5) is 16.2. The third-order valence-electron chi connectivity index (χ3n) is 4.29. The first kappa shape index (κ1) is 18.6. The first-order chi connectivity index (χ1) is 13.2. The average molecular weight is 362 g/mol. The van der Waals surface area contributed by atoms with E-state index in [1.54, 1.807) is 12.4 Å². The van der Waals surface area contributed by atoms with Crippen molar-refractivity contribution in [3.63, 3.8) is 0 Å². The van der Waals surface area contributed by atoms with Gasteiger partial charge < -0.3 is 10.1 Å². The number of carbonyl (C=O) groups excluding carboxylic acids is 1. The second-order valence-electron chi connectivity index (χ2n) is 6.46. The summed E-state index contributed by atoms with van der Waals surface area (Å²) in [5, 5.41) is 11.1. The summed E-state index contributed by atoms with van der Waals surface area (Å²) >= 11 is 0. The molecule has 138 valence electrons. The van der Waals surface area contributed by atoms with Gasteiger partial charge in [-0.2, -0.15) is 10.2 Å². The van der Waals surface area contributed by atoms with Crippen LogP contribution in [0.4, 0.5) is 0 Å². The van der Waals surface area contributed by atoms with Crippen molar-refractivity contribution in [3.05, 3.63) is 59.9 Å². The van der Waals surface area contributed by atoms with Gasteiger partial charge in [-0.1, -0.05) is 18.2 Å². The van der Waals surface area contributed by atoms with Gasteiger partial charge in [-0.05, 0) is 23.8 Å². The molecule has 6 nitrogen and oxygen atoms in total. The van der Waals surface area contributed by atoms with Crippen LogP contribution in [0.25, 0.3) is 0 Å². The molecule has 2 heterocycles. The monoisotopic (exact) mass is 362 g/mol. The molecule has 0 bridgehead atoms. The Balaban J connectivity index is 1.42. The number of carbonyl (C=O) groups is 1. The minimum absolute atomic E-state index is 0.0350. The van der Waals surface area contributed by atoms with E-state index in [9.17, 15) is 4.79 Å². The van der Waals surface area contributed by atoms with Crippen LogP contribution in [0.1, 0.15) is 30.4 Å². The third-order valence-corrected chi connectivity index (χ3v) is 4.29. The van der Waals surface area contributed by atoms with Crippen molar-refractivity contribution in [2.45, 2.75) is 38.0 Å². The molecule has 0 saturated heterocycles. The second-order valence-corrected chi connectivity index (χ2v) is 6.46. The number of amides is 1. The van der Waals surface area contributed by atoms with Gasteiger partial charge in [-0.25, -0.2) is 0 Å². The summed E-state index contributed by atoms with van der Waals surface area (Å²) in [5.41, 5.74) is 1.54. The highest BCUT2D eigenvalue weighted by Gasteiger charge is 2.38. The van der Waals surface area contributed by atoms with Crippen LogP contribution in [0.15, 0.2) is 59.0 Å². The molecule has 0 radical (unpaired) electrons. The minimum atomic E-state index is -0.361. The fourth-order valence-electron chi connectivity index (χ4n) is 2.71. The Hall–Kier alpha value is -3.20. The molecule has 0 unspecified atom stereocenters. The zero-order valence-corrected chi connectivity index (χ0v) is 15.1. The molecule has 1 aliphatic rings. The Labute approximate surface area is 159 Å². The lowest BCUT2D eigenvalue weighted by molar-refractivity contribution is -0.120. The zero-order chi connectivity index (χ0) is 19.0. The van der Waals surface area contributed by atoms with E-state index in [0.29, 0.717) is 32.4 Å².